The Bertz CT molecular complexity index is 886. The number of likely N-dealkylation sites (tertiary alicyclic amines) is 2. The van der Waals surface area contributed by atoms with Gasteiger partial charge >= 0.3 is 0 Å². The van der Waals surface area contributed by atoms with E-state index in [0.717, 1.165) is 49.1 Å². The number of carbonyl (C=O) groups is 2. The number of nitrogens with one attached hydrogen (secondary N) is 1. The lowest BCUT2D eigenvalue weighted by Crippen LogP contribution is -2.54. The summed E-state index contributed by atoms with van der Waals surface area (Å²) in [5, 5.41) is 1.11. The Morgan fingerprint density at radius 3 is 2.59 bits per heavy atom. The first kappa shape index (κ1) is 19.7. The maximum Gasteiger partial charge on any atom is 0.225 e. The number of rotatable bonds is 3. The predicted molar refractivity (Wildman–Crippen MR) is 114 cm³/mol. The van der Waals surface area contributed by atoms with E-state index in [-0.39, 0.29) is 23.8 Å². The van der Waals surface area contributed by atoms with Crippen LogP contribution in [0.1, 0.15) is 33.1 Å². The Hall–Kier alpha value is -2.57. The Balaban J connectivity index is 1.46. The monoisotopic (exact) mass is 397 g/mol. The van der Waals surface area contributed by atoms with E-state index in [4.69, 9.17) is 0 Å². The van der Waals surface area contributed by atoms with Gasteiger partial charge in [-0.05, 0) is 37.3 Å². The highest BCUT2D eigenvalue weighted by molar-refractivity contribution is 5.89. The zero-order chi connectivity index (χ0) is 20.5. The van der Waals surface area contributed by atoms with Crippen LogP contribution in [0.25, 0.3) is 11.0 Å². The average molecular weight is 398 g/mol. The van der Waals surface area contributed by atoms with Gasteiger partial charge < -0.3 is 19.7 Å². The molecule has 0 aromatic carbocycles. The van der Waals surface area contributed by atoms with Gasteiger partial charge in [-0.2, -0.15) is 0 Å². The third-order valence-corrected chi connectivity index (χ3v) is 6.83. The van der Waals surface area contributed by atoms with E-state index in [9.17, 15) is 9.59 Å². The smallest absolute Gasteiger partial charge is 0.225 e. The molecule has 0 saturated carbocycles. The van der Waals surface area contributed by atoms with Crippen molar-refractivity contribution in [3.63, 3.8) is 0 Å². The van der Waals surface area contributed by atoms with Crippen LogP contribution in [0.3, 0.4) is 0 Å². The number of amides is 2. The second kappa shape index (κ2) is 8.05. The van der Waals surface area contributed by atoms with Gasteiger partial charge in [-0.3, -0.25) is 9.59 Å². The summed E-state index contributed by atoms with van der Waals surface area (Å²) in [6.45, 7) is 6.85. The minimum absolute atomic E-state index is 0.0438. The van der Waals surface area contributed by atoms with Crippen molar-refractivity contribution in [3.05, 3.63) is 24.5 Å². The molecule has 2 atom stereocenters. The van der Waals surface area contributed by atoms with Gasteiger partial charge in [0.05, 0.1) is 0 Å². The first-order valence-corrected chi connectivity index (χ1v) is 10.6. The van der Waals surface area contributed by atoms with E-state index >= 15 is 0 Å². The molecule has 156 valence electrons. The maximum atomic E-state index is 13.2. The van der Waals surface area contributed by atoms with Crippen molar-refractivity contribution >= 4 is 28.5 Å². The summed E-state index contributed by atoms with van der Waals surface area (Å²) in [5.74, 6) is 0.922. The molecule has 2 aliphatic rings. The number of carbonyl (C=O) groups excluding carboxylic acids is 2. The van der Waals surface area contributed by atoms with Gasteiger partial charge in [-0.25, -0.2) is 4.98 Å². The van der Waals surface area contributed by atoms with Gasteiger partial charge in [0, 0.05) is 75.6 Å². The fourth-order valence-electron chi connectivity index (χ4n) is 4.89. The Morgan fingerprint density at radius 2 is 1.86 bits per heavy atom. The summed E-state index contributed by atoms with van der Waals surface area (Å²) in [6, 6.07) is 4.39. The molecule has 4 heterocycles. The first-order chi connectivity index (χ1) is 14.0. The number of hydrogen-bond donors (Lipinski definition) is 1. The van der Waals surface area contributed by atoms with Crippen LogP contribution in [0.2, 0.25) is 0 Å². The lowest BCUT2D eigenvalue weighted by atomic mass is 9.89. The van der Waals surface area contributed by atoms with Crippen LogP contribution in [0.5, 0.6) is 0 Å². The van der Waals surface area contributed by atoms with Crippen molar-refractivity contribution in [3.8, 4) is 0 Å². The summed E-state index contributed by atoms with van der Waals surface area (Å²) < 4.78 is 0. The van der Waals surface area contributed by atoms with Crippen molar-refractivity contribution in [2.45, 2.75) is 39.2 Å². The molecular formula is C22H31N5O2. The lowest BCUT2D eigenvalue weighted by molar-refractivity contribution is -0.141. The summed E-state index contributed by atoms with van der Waals surface area (Å²) in [6.07, 6.45) is 6.32. The molecule has 0 aliphatic carbocycles. The van der Waals surface area contributed by atoms with Crippen molar-refractivity contribution < 1.29 is 9.59 Å². The van der Waals surface area contributed by atoms with Gasteiger partial charge in [-0.1, -0.05) is 6.92 Å². The maximum absolute atomic E-state index is 13.2. The molecule has 0 spiro atoms. The van der Waals surface area contributed by atoms with Crippen LogP contribution in [0, 0.1) is 11.8 Å². The number of piperidine rings is 2. The highest BCUT2D eigenvalue weighted by Gasteiger charge is 2.36. The molecule has 0 radical (unpaired) electrons. The minimum atomic E-state index is 0.0438. The van der Waals surface area contributed by atoms with E-state index in [0.29, 0.717) is 19.0 Å². The molecule has 2 aromatic heterocycles. The van der Waals surface area contributed by atoms with E-state index in [2.05, 4.69) is 45.9 Å². The molecule has 7 heteroatoms. The van der Waals surface area contributed by atoms with Crippen LogP contribution < -0.4 is 4.90 Å². The second-order valence-electron chi connectivity index (χ2n) is 8.58. The highest BCUT2D eigenvalue weighted by atomic mass is 16.2. The molecule has 2 fully saturated rings. The van der Waals surface area contributed by atoms with Gasteiger partial charge in [0.2, 0.25) is 11.8 Å². The Kier molecular flexibility index (Phi) is 5.48. The summed E-state index contributed by atoms with van der Waals surface area (Å²) in [5.41, 5.74) is 2.04. The number of nitrogens with zero attached hydrogens (tertiary/aromatic N) is 4. The molecule has 0 unspecified atom stereocenters. The molecule has 2 aromatic rings. The van der Waals surface area contributed by atoms with E-state index < -0.39 is 0 Å². The van der Waals surface area contributed by atoms with Gasteiger partial charge in [-0.15, -0.1) is 0 Å². The fraction of sp³-hybridized carbons (Fsp3) is 0.591. The number of aromatic amines is 1. The fourth-order valence-corrected chi connectivity index (χ4v) is 4.89. The van der Waals surface area contributed by atoms with Crippen molar-refractivity contribution in [1.82, 2.24) is 19.8 Å². The number of anilines is 1. The van der Waals surface area contributed by atoms with Crippen LogP contribution in [0.15, 0.2) is 24.5 Å². The molecule has 7 nitrogen and oxygen atoms in total. The van der Waals surface area contributed by atoms with Gasteiger partial charge in [0.1, 0.15) is 5.65 Å². The number of H-pyrrole nitrogens is 1. The van der Waals surface area contributed by atoms with Crippen molar-refractivity contribution in [1.29, 1.82) is 0 Å². The Morgan fingerprint density at radius 1 is 1.14 bits per heavy atom. The number of fused-ring (bicyclic) bond motifs is 1. The summed E-state index contributed by atoms with van der Waals surface area (Å²) in [4.78, 5) is 38.6. The molecule has 2 amide bonds. The third kappa shape index (κ3) is 3.82. The molecule has 0 bridgehead atoms. The number of hydrogen-bond acceptors (Lipinski definition) is 4. The first-order valence-electron chi connectivity index (χ1n) is 10.6. The topological polar surface area (TPSA) is 72.5 Å². The van der Waals surface area contributed by atoms with Crippen LogP contribution in [-0.2, 0) is 9.59 Å². The van der Waals surface area contributed by atoms with E-state index in [1.165, 1.54) is 0 Å². The molecular weight excluding hydrogens is 366 g/mol. The average Bonchev–Trinajstić information content (AvgIpc) is 3.22. The van der Waals surface area contributed by atoms with Crippen LogP contribution in [0.4, 0.5) is 5.69 Å². The molecule has 29 heavy (non-hydrogen) atoms. The second-order valence-corrected chi connectivity index (χ2v) is 8.58. The van der Waals surface area contributed by atoms with Crippen LogP contribution >= 0.6 is 0 Å². The molecule has 1 N–H and O–H groups in total. The van der Waals surface area contributed by atoms with E-state index in [1.807, 2.05) is 17.3 Å². The number of likely N-dealkylation sites (N-methyl/N-ethyl adjacent to an activating group) is 1. The van der Waals surface area contributed by atoms with Crippen molar-refractivity contribution in [2.24, 2.45) is 11.8 Å². The summed E-state index contributed by atoms with van der Waals surface area (Å²) >= 11 is 0. The highest BCUT2D eigenvalue weighted by Crippen LogP contribution is 2.31. The third-order valence-electron chi connectivity index (χ3n) is 6.83. The van der Waals surface area contributed by atoms with Crippen molar-refractivity contribution in [2.75, 3.05) is 38.1 Å². The molecule has 4 rings (SSSR count). The van der Waals surface area contributed by atoms with Crippen LogP contribution in [-0.4, -0.2) is 70.9 Å². The largest absolute Gasteiger partial charge is 0.369 e. The standard InChI is InChI=1S/C22H31N5O2/c1-15-6-11-27(22(29)17-7-12-26(13-8-17)16(2)28)14-20(15)25(3)19-5-10-24-21-18(19)4-9-23-21/h4-5,9-10,15,17,20H,6-8,11-14H2,1-3H3,(H,23,24)/t15-,20+/m1/s1. The molecule has 2 aliphatic heterocycles. The lowest BCUT2D eigenvalue weighted by Gasteiger charge is -2.44. The normalized spacial score (nSPS) is 23.4. The van der Waals surface area contributed by atoms with Gasteiger partial charge in [0.15, 0.2) is 0 Å². The molecule has 2 saturated heterocycles. The quantitative estimate of drug-likeness (QED) is 0.864. The zero-order valence-corrected chi connectivity index (χ0v) is 17.6. The number of aromatic nitrogens is 2. The minimum Gasteiger partial charge on any atom is -0.369 e. The predicted octanol–water partition coefficient (Wildman–Crippen LogP) is 2.49. The SMILES string of the molecule is CC(=O)N1CCC(C(=O)N2CC[C@@H](C)[C@@H](N(C)c3ccnc4[nH]ccc34)C2)CC1. The summed E-state index contributed by atoms with van der Waals surface area (Å²) in [7, 11) is 2.13. The zero-order valence-electron chi connectivity index (χ0n) is 17.6. The van der Waals surface area contributed by atoms with Gasteiger partial charge in [0.25, 0.3) is 0 Å². The van der Waals surface area contributed by atoms with E-state index in [1.54, 1.807) is 6.92 Å². The Labute approximate surface area is 172 Å². The number of pyridine rings is 1.